The zero-order chi connectivity index (χ0) is 16.9. The van der Waals surface area contributed by atoms with Crippen molar-refractivity contribution in [2.75, 3.05) is 7.11 Å². The Morgan fingerprint density at radius 1 is 1.17 bits per heavy atom. The molecule has 0 aliphatic heterocycles. The average Bonchev–Trinajstić information content (AvgIpc) is 3.01. The van der Waals surface area contributed by atoms with Crippen LogP contribution in [-0.4, -0.2) is 18.1 Å². The molecule has 2 aromatic carbocycles. The molecule has 0 aliphatic rings. The number of aromatic amines is 1. The summed E-state index contributed by atoms with van der Waals surface area (Å²) >= 11 is 3.41. The molecule has 0 saturated carbocycles. The van der Waals surface area contributed by atoms with E-state index in [9.17, 15) is 4.79 Å². The molecule has 1 N–H and O–H groups in total. The average molecular weight is 388 g/mol. The van der Waals surface area contributed by atoms with Gasteiger partial charge in [0.25, 0.3) is 0 Å². The number of rotatable bonds is 6. The van der Waals surface area contributed by atoms with Crippen LogP contribution in [0.3, 0.4) is 0 Å². The van der Waals surface area contributed by atoms with Gasteiger partial charge in [-0.15, -0.1) is 0 Å². The van der Waals surface area contributed by atoms with Gasteiger partial charge in [0.1, 0.15) is 12.4 Å². The summed E-state index contributed by atoms with van der Waals surface area (Å²) in [5.74, 6) is 0.491. The number of esters is 1. The number of para-hydroxylation sites is 1. The number of H-pyrrole nitrogens is 1. The molecule has 0 unspecified atom stereocenters. The van der Waals surface area contributed by atoms with Crippen molar-refractivity contribution >= 4 is 32.8 Å². The summed E-state index contributed by atoms with van der Waals surface area (Å²) in [7, 11) is 1.60. The Balaban J connectivity index is 1.57. The predicted octanol–water partition coefficient (Wildman–Crippen LogP) is 4.62. The van der Waals surface area contributed by atoms with E-state index in [0.717, 1.165) is 26.5 Å². The minimum atomic E-state index is -0.220. The van der Waals surface area contributed by atoms with Crippen LogP contribution >= 0.6 is 15.9 Å². The molecule has 1 aromatic heterocycles. The van der Waals surface area contributed by atoms with Gasteiger partial charge in [-0.3, -0.25) is 4.79 Å². The molecule has 0 atom stereocenters. The molecule has 0 saturated heterocycles. The SMILES string of the molecule is COc1ccc(Br)cc1COC(=O)CCc1c[nH]c2ccccc12. The monoisotopic (exact) mass is 387 g/mol. The second kappa shape index (κ2) is 7.53. The molecule has 0 fully saturated rings. The molecule has 5 heteroatoms. The number of nitrogens with one attached hydrogen (secondary N) is 1. The van der Waals surface area contributed by atoms with Crippen LogP contribution in [-0.2, 0) is 22.6 Å². The van der Waals surface area contributed by atoms with Gasteiger partial charge in [-0.1, -0.05) is 34.1 Å². The molecular weight excluding hydrogens is 370 g/mol. The largest absolute Gasteiger partial charge is 0.496 e. The maximum absolute atomic E-state index is 12.0. The highest BCUT2D eigenvalue weighted by Gasteiger charge is 2.10. The first-order chi connectivity index (χ1) is 11.7. The van der Waals surface area contributed by atoms with E-state index in [1.54, 1.807) is 7.11 Å². The van der Waals surface area contributed by atoms with Gasteiger partial charge in [-0.05, 0) is 36.2 Å². The Morgan fingerprint density at radius 3 is 2.83 bits per heavy atom. The zero-order valence-corrected chi connectivity index (χ0v) is 14.9. The maximum atomic E-state index is 12.0. The zero-order valence-electron chi connectivity index (χ0n) is 13.3. The topological polar surface area (TPSA) is 51.3 Å². The van der Waals surface area contributed by atoms with Crippen LogP contribution < -0.4 is 4.74 Å². The lowest BCUT2D eigenvalue weighted by atomic mass is 10.1. The molecule has 0 aliphatic carbocycles. The Morgan fingerprint density at radius 2 is 2.00 bits per heavy atom. The molecule has 0 radical (unpaired) electrons. The molecule has 124 valence electrons. The van der Waals surface area contributed by atoms with Gasteiger partial charge in [-0.2, -0.15) is 0 Å². The summed E-state index contributed by atoms with van der Waals surface area (Å²) in [4.78, 5) is 15.3. The van der Waals surface area contributed by atoms with E-state index in [0.29, 0.717) is 18.6 Å². The number of hydrogen-bond acceptors (Lipinski definition) is 3. The Labute approximate surface area is 148 Å². The number of halogens is 1. The first-order valence-corrected chi connectivity index (χ1v) is 8.49. The van der Waals surface area contributed by atoms with E-state index in [-0.39, 0.29) is 12.6 Å². The predicted molar refractivity (Wildman–Crippen MR) is 97.1 cm³/mol. The van der Waals surface area contributed by atoms with Crippen molar-refractivity contribution in [3.63, 3.8) is 0 Å². The highest BCUT2D eigenvalue weighted by Crippen LogP contribution is 2.24. The molecule has 3 rings (SSSR count). The first kappa shape index (κ1) is 16.6. The van der Waals surface area contributed by atoms with Gasteiger partial charge in [0.05, 0.1) is 7.11 Å². The normalized spacial score (nSPS) is 10.8. The molecule has 4 nitrogen and oxygen atoms in total. The fourth-order valence-corrected chi connectivity index (χ4v) is 3.07. The summed E-state index contributed by atoms with van der Waals surface area (Å²) in [6.45, 7) is 0.204. The third-order valence-corrected chi connectivity index (χ3v) is 4.40. The number of carbonyl (C=O) groups excluding carboxylic acids is 1. The van der Waals surface area contributed by atoms with Crippen molar-refractivity contribution in [2.24, 2.45) is 0 Å². The van der Waals surface area contributed by atoms with Gasteiger partial charge in [0.2, 0.25) is 0 Å². The highest BCUT2D eigenvalue weighted by atomic mass is 79.9. The quantitative estimate of drug-likeness (QED) is 0.628. The summed E-state index contributed by atoms with van der Waals surface area (Å²) < 4.78 is 11.6. The van der Waals surface area contributed by atoms with E-state index in [2.05, 4.69) is 27.0 Å². The summed E-state index contributed by atoms with van der Waals surface area (Å²) in [6.07, 6.45) is 2.95. The van der Waals surface area contributed by atoms with E-state index in [1.807, 2.05) is 42.6 Å². The highest BCUT2D eigenvalue weighted by molar-refractivity contribution is 9.10. The van der Waals surface area contributed by atoms with Crippen LogP contribution in [0.4, 0.5) is 0 Å². The fourth-order valence-electron chi connectivity index (χ4n) is 2.67. The minimum Gasteiger partial charge on any atom is -0.496 e. The third kappa shape index (κ3) is 3.79. The summed E-state index contributed by atoms with van der Waals surface area (Å²) in [5.41, 5.74) is 3.05. The van der Waals surface area contributed by atoms with Crippen LogP contribution in [0.1, 0.15) is 17.5 Å². The van der Waals surface area contributed by atoms with E-state index in [4.69, 9.17) is 9.47 Å². The van der Waals surface area contributed by atoms with Crippen LogP contribution in [0.15, 0.2) is 53.1 Å². The number of fused-ring (bicyclic) bond motifs is 1. The molecule has 0 spiro atoms. The van der Waals surface area contributed by atoms with E-state index in [1.165, 1.54) is 0 Å². The fraction of sp³-hybridized carbons (Fsp3) is 0.211. The molecule has 0 bridgehead atoms. The lowest BCUT2D eigenvalue weighted by Gasteiger charge is -2.10. The first-order valence-electron chi connectivity index (χ1n) is 7.70. The van der Waals surface area contributed by atoms with Crippen LogP contribution in [0, 0.1) is 0 Å². The van der Waals surface area contributed by atoms with Crippen molar-refractivity contribution < 1.29 is 14.3 Å². The standard InChI is InChI=1S/C19H18BrNO3/c1-23-18-8-7-15(20)10-14(18)12-24-19(22)9-6-13-11-21-17-5-3-2-4-16(13)17/h2-5,7-8,10-11,21H,6,9,12H2,1H3. The van der Waals surface area contributed by atoms with E-state index >= 15 is 0 Å². The van der Waals surface area contributed by atoms with Crippen molar-refractivity contribution in [3.05, 3.63) is 64.3 Å². The van der Waals surface area contributed by atoms with Crippen LogP contribution in [0.5, 0.6) is 5.75 Å². The Hall–Kier alpha value is -2.27. The number of methoxy groups -OCH3 is 1. The van der Waals surface area contributed by atoms with Crippen LogP contribution in [0.2, 0.25) is 0 Å². The molecule has 24 heavy (non-hydrogen) atoms. The van der Waals surface area contributed by atoms with Gasteiger partial charge in [-0.25, -0.2) is 0 Å². The molecular formula is C19H18BrNO3. The minimum absolute atomic E-state index is 0.204. The number of hydrogen-bond donors (Lipinski definition) is 1. The maximum Gasteiger partial charge on any atom is 0.306 e. The Kier molecular flexibility index (Phi) is 5.20. The van der Waals surface area contributed by atoms with Crippen molar-refractivity contribution in [2.45, 2.75) is 19.4 Å². The van der Waals surface area contributed by atoms with E-state index < -0.39 is 0 Å². The number of carbonyl (C=O) groups is 1. The van der Waals surface area contributed by atoms with Gasteiger partial charge in [0, 0.05) is 33.6 Å². The Bertz CT molecular complexity index is 857. The second-order valence-electron chi connectivity index (χ2n) is 5.48. The number of aromatic nitrogens is 1. The third-order valence-electron chi connectivity index (χ3n) is 3.90. The number of aryl methyl sites for hydroxylation is 1. The second-order valence-corrected chi connectivity index (χ2v) is 6.39. The van der Waals surface area contributed by atoms with Crippen molar-refractivity contribution in [1.82, 2.24) is 4.98 Å². The van der Waals surface area contributed by atoms with Crippen LogP contribution in [0.25, 0.3) is 10.9 Å². The van der Waals surface area contributed by atoms with Gasteiger partial charge >= 0.3 is 5.97 Å². The number of benzene rings is 2. The smallest absolute Gasteiger partial charge is 0.306 e. The van der Waals surface area contributed by atoms with Crippen molar-refractivity contribution in [1.29, 1.82) is 0 Å². The van der Waals surface area contributed by atoms with Gasteiger partial charge < -0.3 is 14.5 Å². The lowest BCUT2D eigenvalue weighted by Crippen LogP contribution is -2.06. The number of ether oxygens (including phenoxy) is 2. The molecule has 1 heterocycles. The molecule has 0 amide bonds. The molecule has 3 aromatic rings. The summed E-state index contributed by atoms with van der Waals surface area (Å²) in [6, 6.07) is 13.7. The van der Waals surface area contributed by atoms with Crippen molar-refractivity contribution in [3.8, 4) is 5.75 Å². The van der Waals surface area contributed by atoms with Gasteiger partial charge in [0.15, 0.2) is 0 Å². The lowest BCUT2D eigenvalue weighted by molar-refractivity contribution is -0.144. The summed E-state index contributed by atoms with van der Waals surface area (Å²) in [5, 5.41) is 1.15.